The number of carbonyl (C=O) groups excluding carboxylic acids is 1. The van der Waals surface area contributed by atoms with Gasteiger partial charge in [-0.3, -0.25) is 4.79 Å². The molecule has 0 aliphatic heterocycles. The number of hydrogen-bond acceptors (Lipinski definition) is 2. The molecule has 0 aromatic heterocycles. The molecule has 0 unspecified atom stereocenters. The van der Waals surface area contributed by atoms with Crippen molar-refractivity contribution in [2.24, 2.45) is 0 Å². The molecule has 0 fully saturated rings. The van der Waals surface area contributed by atoms with Crippen LogP contribution < -0.4 is 4.74 Å². The van der Waals surface area contributed by atoms with E-state index in [0.29, 0.717) is 17.2 Å². The van der Waals surface area contributed by atoms with Gasteiger partial charge in [0.15, 0.2) is 5.78 Å². The van der Waals surface area contributed by atoms with E-state index < -0.39 is 0 Å². The van der Waals surface area contributed by atoms with E-state index in [0.717, 1.165) is 16.7 Å². The van der Waals surface area contributed by atoms with Crippen molar-refractivity contribution < 1.29 is 9.53 Å². The molecule has 0 radical (unpaired) electrons. The summed E-state index contributed by atoms with van der Waals surface area (Å²) in [5, 5.41) is 0.602. The largest absolute Gasteiger partial charge is 0.486 e. The molecule has 0 amide bonds. The van der Waals surface area contributed by atoms with Crippen LogP contribution in [0.4, 0.5) is 0 Å². The van der Waals surface area contributed by atoms with Crippen LogP contribution in [0.1, 0.15) is 22.3 Å². The van der Waals surface area contributed by atoms with Crippen LogP contribution in [0, 0.1) is 20.8 Å². The lowest BCUT2D eigenvalue weighted by molar-refractivity contribution is -0.120. The number of hydrogen-bond donors (Lipinski definition) is 0. The van der Waals surface area contributed by atoms with Gasteiger partial charge in [0, 0.05) is 11.4 Å². The summed E-state index contributed by atoms with van der Waals surface area (Å²) in [6.45, 7) is 6.21. The second-order valence-electron chi connectivity index (χ2n) is 5.34. The van der Waals surface area contributed by atoms with E-state index >= 15 is 0 Å². The first kappa shape index (κ1) is 15.6. The van der Waals surface area contributed by atoms with E-state index in [2.05, 4.69) is 19.1 Å². The van der Waals surface area contributed by atoms with E-state index in [1.54, 1.807) is 24.3 Å². The Morgan fingerprint density at radius 1 is 1.10 bits per heavy atom. The summed E-state index contributed by atoms with van der Waals surface area (Å²) in [6.07, 6.45) is 0.401. The molecule has 0 N–H and O–H groups in total. The quantitative estimate of drug-likeness (QED) is 0.815. The Bertz CT molecular complexity index is 639. The minimum absolute atomic E-state index is 0.0602. The maximum Gasteiger partial charge on any atom is 0.174 e. The Morgan fingerprint density at radius 2 is 1.76 bits per heavy atom. The minimum atomic E-state index is 0.0602. The molecule has 2 rings (SSSR count). The first-order valence-electron chi connectivity index (χ1n) is 6.92. The van der Waals surface area contributed by atoms with E-state index in [-0.39, 0.29) is 12.4 Å². The number of rotatable bonds is 5. The zero-order valence-electron chi connectivity index (χ0n) is 12.6. The third kappa shape index (κ3) is 4.33. The van der Waals surface area contributed by atoms with Gasteiger partial charge in [0.05, 0.1) is 0 Å². The van der Waals surface area contributed by atoms with Gasteiger partial charge in [-0.1, -0.05) is 35.4 Å². The number of carbonyl (C=O) groups is 1. The predicted octanol–water partition coefficient (Wildman–Crippen LogP) is 4.46. The van der Waals surface area contributed by atoms with Crippen LogP contribution in [-0.4, -0.2) is 12.4 Å². The zero-order valence-corrected chi connectivity index (χ0v) is 13.3. The molecule has 0 aliphatic carbocycles. The Morgan fingerprint density at radius 3 is 2.38 bits per heavy atom. The number of halogens is 1. The molecule has 2 aromatic rings. The summed E-state index contributed by atoms with van der Waals surface area (Å²) in [4.78, 5) is 12.1. The SMILES string of the molecule is Cc1cc(C)c(CC(=O)COc2cccc(Cl)c2)c(C)c1. The van der Waals surface area contributed by atoms with Crippen molar-refractivity contribution in [2.75, 3.05) is 6.61 Å². The van der Waals surface area contributed by atoms with Crippen molar-refractivity contribution in [1.82, 2.24) is 0 Å². The van der Waals surface area contributed by atoms with Gasteiger partial charge < -0.3 is 4.74 Å². The summed E-state index contributed by atoms with van der Waals surface area (Å²) < 4.78 is 5.49. The van der Waals surface area contributed by atoms with E-state index in [4.69, 9.17) is 16.3 Å². The Labute approximate surface area is 130 Å². The lowest BCUT2D eigenvalue weighted by atomic mass is 9.96. The van der Waals surface area contributed by atoms with Crippen LogP contribution in [0.3, 0.4) is 0 Å². The van der Waals surface area contributed by atoms with Crippen molar-refractivity contribution in [1.29, 1.82) is 0 Å². The fourth-order valence-electron chi connectivity index (χ4n) is 2.46. The Hall–Kier alpha value is -1.80. The molecule has 0 bridgehead atoms. The van der Waals surface area contributed by atoms with Crippen molar-refractivity contribution in [3.05, 3.63) is 63.7 Å². The highest BCUT2D eigenvalue weighted by Crippen LogP contribution is 2.19. The molecule has 21 heavy (non-hydrogen) atoms. The van der Waals surface area contributed by atoms with Crippen molar-refractivity contribution in [3.63, 3.8) is 0 Å². The average Bonchev–Trinajstić information content (AvgIpc) is 2.40. The Kier molecular flexibility index (Phi) is 5.03. The lowest BCUT2D eigenvalue weighted by Crippen LogP contribution is -2.15. The van der Waals surface area contributed by atoms with Crippen LogP contribution in [0.2, 0.25) is 5.02 Å². The maximum absolute atomic E-state index is 12.1. The molecular formula is C18H19ClO2. The monoisotopic (exact) mass is 302 g/mol. The molecular weight excluding hydrogens is 284 g/mol. The molecule has 2 nitrogen and oxygen atoms in total. The smallest absolute Gasteiger partial charge is 0.174 e. The minimum Gasteiger partial charge on any atom is -0.486 e. The van der Waals surface area contributed by atoms with Gasteiger partial charge in [-0.25, -0.2) is 0 Å². The molecule has 0 aliphatic rings. The summed E-state index contributed by atoms with van der Waals surface area (Å²) >= 11 is 5.88. The van der Waals surface area contributed by atoms with E-state index in [1.165, 1.54) is 5.56 Å². The zero-order chi connectivity index (χ0) is 15.4. The van der Waals surface area contributed by atoms with Gasteiger partial charge in [-0.15, -0.1) is 0 Å². The fourth-order valence-corrected chi connectivity index (χ4v) is 2.64. The first-order valence-corrected chi connectivity index (χ1v) is 7.30. The van der Waals surface area contributed by atoms with Gasteiger partial charge in [0.25, 0.3) is 0 Å². The molecule has 0 atom stereocenters. The molecule has 0 heterocycles. The third-order valence-electron chi connectivity index (χ3n) is 3.41. The number of aryl methyl sites for hydroxylation is 3. The van der Waals surface area contributed by atoms with Crippen molar-refractivity contribution >= 4 is 17.4 Å². The normalized spacial score (nSPS) is 10.5. The Balaban J connectivity index is 1.99. The number of ether oxygens (including phenoxy) is 1. The molecule has 0 saturated carbocycles. The molecule has 2 aromatic carbocycles. The summed E-state index contributed by atoms with van der Waals surface area (Å²) in [5.74, 6) is 0.679. The second kappa shape index (κ2) is 6.77. The molecule has 3 heteroatoms. The van der Waals surface area contributed by atoms with Crippen LogP contribution in [0.15, 0.2) is 36.4 Å². The number of benzene rings is 2. The molecule has 110 valence electrons. The van der Waals surface area contributed by atoms with Crippen LogP contribution in [0.5, 0.6) is 5.75 Å². The summed E-state index contributed by atoms with van der Waals surface area (Å²) in [5.41, 5.74) is 4.63. The molecule has 0 saturated heterocycles. The van der Waals surface area contributed by atoms with Gasteiger partial charge >= 0.3 is 0 Å². The van der Waals surface area contributed by atoms with Crippen molar-refractivity contribution in [2.45, 2.75) is 27.2 Å². The fraction of sp³-hybridized carbons (Fsp3) is 0.278. The van der Waals surface area contributed by atoms with Crippen LogP contribution >= 0.6 is 11.6 Å². The van der Waals surface area contributed by atoms with Gasteiger partial charge in [-0.05, 0) is 55.7 Å². The van der Waals surface area contributed by atoms with Gasteiger partial charge in [0.1, 0.15) is 12.4 Å². The highest BCUT2D eigenvalue weighted by molar-refractivity contribution is 6.30. The van der Waals surface area contributed by atoms with Crippen molar-refractivity contribution in [3.8, 4) is 5.75 Å². The highest BCUT2D eigenvalue weighted by Gasteiger charge is 2.10. The predicted molar refractivity (Wildman–Crippen MR) is 86.3 cm³/mol. The van der Waals surface area contributed by atoms with Crippen LogP contribution in [0.25, 0.3) is 0 Å². The van der Waals surface area contributed by atoms with E-state index in [9.17, 15) is 4.79 Å². The third-order valence-corrected chi connectivity index (χ3v) is 3.65. The highest BCUT2D eigenvalue weighted by atomic mass is 35.5. The van der Waals surface area contributed by atoms with E-state index in [1.807, 2.05) is 13.8 Å². The number of Topliss-reactive ketones (excluding diaryl/α,β-unsaturated/α-hetero) is 1. The summed E-state index contributed by atoms with van der Waals surface area (Å²) in [6, 6.07) is 11.3. The maximum atomic E-state index is 12.1. The molecule has 0 spiro atoms. The number of ketones is 1. The standard InChI is InChI=1S/C18H19ClO2/c1-12-7-13(2)18(14(3)8-12)10-16(20)11-21-17-6-4-5-15(19)9-17/h4-9H,10-11H2,1-3H3. The van der Waals surface area contributed by atoms with Gasteiger partial charge in [0.2, 0.25) is 0 Å². The van der Waals surface area contributed by atoms with Gasteiger partial charge in [-0.2, -0.15) is 0 Å². The summed E-state index contributed by atoms with van der Waals surface area (Å²) in [7, 11) is 0. The topological polar surface area (TPSA) is 26.3 Å². The van der Waals surface area contributed by atoms with Crippen LogP contribution in [-0.2, 0) is 11.2 Å². The lowest BCUT2D eigenvalue weighted by Gasteiger charge is -2.11. The average molecular weight is 303 g/mol. The second-order valence-corrected chi connectivity index (χ2v) is 5.78. The first-order chi connectivity index (χ1) is 9.95.